The molecule has 0 saturated carbocycles. The van der Waals surface area contributed by atoms with Gasteiger partial charge in [-0.15, -0.1) is 0 Å². The number of aryl methyl sites for hydroxylation is 1. The van der Waals surface area contributed by atoms with Gasteiger partial charge in [0, 0.05) is 5.69 Å². The number of rotatable bonds is 11. The number of hydrogen-bond donors (Lipinski definition) is 1. The molecule has 1 atom stereocenters. The maximum atomic E-state index is 12.7. The maximum Gasteiger partial charge on any atom is 0.340 e. The topological polar surface area (TPSA) is 104 Å². The van der Waals surface area contributed by atoms with Crippen molar-refractivity contribution in [3.05, 3.63) is 46.8 Å². The van der Waals surface area contributed by atoms with Crippen LogP contribution in [-0.2, 0) is 14.3 Å². The second-order valence-electron chi connectivity index (χ2n) is 6.84. The number of hydrogen-bond acceptors (Lipinski definition) is 7. The molecule has 8 nitrogen and oxygen atoms in total. The highest BCUT2D eigenvalue weighted by Gasteiger charge is 2.27. The average molecular weight is 431 g/mol. The molecule has 8 heteroatoms. The van der Waals surface area contributed by atoms with Crippen LogP contribution in [0.3, 0.4) is 0 Å². The van der Waals surface area contributed by atoms with Gasteiger partial charge in [-0.2, -0.15) is 0 Å². The van der Waals surface area contributed by atoms with Crippen LogP contribution in [0.2, 0.25) is 0 Å². The minimum Gasteiger partial charge on any atom is -0.494 e. The molecule has 0 bridgehead atoms. The van der Waals surface area contributed by atoms with Gasteiger partial charge < -0.3 is 23.9 Å². The molecule has 168 valence electrons. The molecule has 0 fully saturated rings. The van der Waals surface area contributed by atoms with Crippen LogP contribution in [0.1, 0.15) is 59.3 Å². The van der Waals surface area contributed by atoms with Crippen molar-refractivity contribution in [2.45, 2.75) is 47.1 Å². The summed E-state index contributed by atoms with van der Waals surface area (Å²) < 4.78 is 21.2. The smallest absolute Gasteiger partial charge is 0.340 e. The maximum absolute atomic E-state index is 12.7. The number of esters is 2. The van der Waals surface area contributed by atoms with Gasteiger partial charge in [-0.05, 0) is 64.4 Å². The van der Waals surface area contributed by atoms with Gasteiger partial charge in [0.15, 0.2) is 6.10 Å². The van der Waals surface area contributed by atoms with E-state index in [1.54, 1.807) is 45.0 Å². The second-order valence-corrected chi connectivity index (χ2v) is 6.84. The van der Waals surface area contributed by atoms with Gasteiger partial charge in [0.05, 0.1) is 37.5 Å². The van der Waals surface area contributed by atoms with Gasteiger partial charge in [0.1, 0.15) is 11.5 Å². The lowest BCUT2D eigenvalue weighted by molar-refractivity contribution is -0.146. The number of nitrogens with one attached hydrogen (secondary N) is 1. The van der Waals surface area contributed by atoms with Crippen molar-refractivity contribution in [1.82, 2.24) is 4.98 Å². The summed E-state index contributed by atoms with van der Waals surface area (Å²) >= 11 is 0. The molecule has 0 aliphatic rings. The molecule has 1 heterocycles. The number of Topliss-reactive ketones (excluding diaryl/α,β-unsaturated/α-hetero) is 1. The fourth-order valence-electron chi connectivity index (χ4n) is 3.07. The van der Waals surface area contributed by atoms with Gasteiger partial charge in [-0.1, -0.05) is 0 Å². The first-order chi connectivity index (χ1) is 14.8. The van der Waals surface area contributed by atoms with E-state index in [4.69, 9.17) is 18.9 Å². The fourth-order valence-corrected chi connectivity index (χ4v) is 3.07. The molecule has 1 aromatic carbocycles. The van der Waals surface area contributed by atoms with Gasteiger partial charge in [0.25, 0.3) is 0 Å². The number of H-pyrrole nitrogens is 1. The zero-order valence-electron chi connectivity index (χ0n) is 18.6. The highest BCUT2D eigenvalue weighted by molar-refractivity contribution is 6.03. The fraction of sp³-hybridized carbons (Fsp3) is 0.435. The van der Waals surface area contributed by atoms with E-state index in [0.717, 1.165) is 5.75 Å². The highest BCUT2D eigenvalue weighted by Crippen LogP contribution is 2.21. The Morgan fingerprint density at radius 1 is 0.968 bits per heavy atom. The predicted molar refractivity (Wildman–Crippen MR) is 114 cm³/mol. The summed E-state index contributed by atoms with van der Waals surface area (Å²) in [6.07, 6.45) is -1.02. The van der Waals surface area contributed by atoms with Crippen molar-refractivity contribution in [2.24, 2.45) is 0 Å². The van der Waals surface area contributed by atoms with Crippen molar-refractivity contribution in [3.8, 4) is 11.5 Å². The SMILES string of the molecule is CCOC(=O)c1c(C)[nH]c(C(=O)C(C)OC(=O)CCOc2ccc(OCC)cc2)c1C. The van der Waals surface area contributed by atoms with E-state index in [-0.39, 0.29) is 25.3 Å². The van der Waals surface area contributed by atoms with Crippen LogP contribution in [0.4, 0.5) is 0 Å². The Kier molecular flexibility index (Phi) is 8.66. The number of carbonyl (C=O) groups excluding carboxylic acids is 3. The van der Waals surface area contributed by atoms with E-state index in [1.165, 1.54) is 6.92 Å². The Labute approximate surface area is 181 Å². The Morgan fingerprint density at radius 3 is 2.16 bits per heavy atom. The standard InChI is InChI=1S/C23H29NO7/c1-6-28-17-8-10-18(11-9-17)30-13-12-19(25)31-16(5)22(26)21-14(3)20(15(4)24-21)23(27)29-7-2/h8-11,16,24H,6-7,12-13H2,1-5H3. The van der Waals surface area contributed by atoms with Crippen LogP contribution in [0.5, 0.6) is 11.5 Å². The molecule has 0 amide bonds. The zero-order chi connectivity index (χ0) is 23.0. The molecule has 0 radical (unpaired) electrons. The lowest BCUT2D eigenvalue weighted by Gasteiger charge is -2.13. The Morgan fingerprint density at radius 2 is 1.58 bits per heavy atom. The lowest BCUT2D eigenvalue weighted by Crippen LogP contribution is -2.26. The van der Waals surface area contributed by atoms with E-state index in [9.17, 15) is 14.4 Å². The Bertz CT molecular complexity index is 915. The highest BCUT2D eigenvalue weighted by atomic mass is 16.6. The van der Waals surface area contributed by atoms with Gasteiger partial charge in [-0.25, -0.2) is 4.79 Å². The van der Waals surface area contributed by atoms with Crippen molar-refractivity contribution in [1.29, 1.82) is 0 Å². The molecular formula is C23H29NO7. The molecule has 0 aliphatic heterocycles. The number of ketones is 1. The van der Waals surface area contributed by atoms with Crippen LogP contribution in [0, 0.1) is 13.8 Å². The van der Waals surface area contributed by atoms with Crippen molar-refractivity contribution < 1.29 is 33.3 Å². The Hall–Kier alpha value is -3.29. The molecule has 1 N–H and O–H groups in total. The molecule has 2 rings (SSSR count). The number of carbonyl (C=O) groups is 3. The third-order valence-corrected chi connectivity index (χ3v) is 4.55. The van der Waals surface area contributed by atoms with Gasteiger partial charge in [0.2, 0.25) is 5.78 Å². The number of aromatic nitrogens is 1. The first kappa shape index (κ1) is 24.0. The lowest BCUT2D eigenvalue weighted by atomic mass is 10.1. The van der Waals surface area contributed by atoms with Crippen LogP contribution >= 0.6 is 0 Å². The third kappa shape index (κ3) is 6.34. The molecular weight excluding hydrogens is 402 g/mol. The monoisotopic (exact) mass is 431 g/mol. The predicted octanol–water partition coefficient (Wildman–Crippen LogP) is 3.79. The van der Waals surface area contributed by atoms with Gasteiger partial charge in [-0.3, -0.25) is 9.59 Å². The summed E-state index contributed by atoms with van der Waals surface area (Å²) in [4.78, 5) is 39.8. The van der Waals surface area contributed by atoms with Crippen molar-refractivity contribution >= 4 is 17.7 Å². The van der Waals surface area contributed by atoms with E-state index in [2.05, 4.69) is 4.98 Å². The van der Waals surface area contributed by atoms with E-state index >= 15 is 0 Å². The molecule has 0 aliphatic carbocycles. The van der Waals surface area contributed by atoms with E-state index in [0.29, 0.717) is 29.2 Å². The Balaban J connectivity index is 1.89. The first-order valence-electron chi connectivity index (χ1n) is 10.2. The zero-order valence-corrected chi connectivity index (χ0v) is 18.6. The molecule has 0 saturated heterocycles. The van der Waals surface area contributed by atoms with Crippen molar-refractivity contribution in [3.63, 3.8) is 0 Å². The number of ether oxygens (including phenoxy) is 4. The molecule has 2 aromatic rings. The summed E-state index contributed by atoms with van der Waals surface area (Å²) in [5, 5.41) is 0. The summed E-state index contributed by atoms with van der Waals surface area (Å²) in [5.41, 5.74) is 1.56. The van der Waals surface area contributed by atoms with E-state index in [1.807, 2.05) is 6.92 Å². The number of benzene rings is 1. The van der Waals surface area contributed by atoms with Crippen LogP contribution in [-0.4, -0.2) is 48.6 Å². The first-order valence-corrected chi connectivity index (χ1v) is 10.2. The minimum absolute atomic E-state index is 0.0123. The molecule has 1 unspecified atom stereocenters. The normalized spacial score (nSPS) is 11.5. The van der Waals surface area contributed by atoms with E-state index < -0.39 is 23.8 Å². The molecule has 1 aromatic heterocycles. The average Bonchev–Trinajstić information content (AvgIpc) is 3.03. The minimum atomic E-state index is -1.01. The number of aromatic amines is 1. The molecule has 31 heavy (non-hydrogen) atoms. The summed E-state index contributed by atoms with van der Waals surface area (Å²) in [5.74, 6) is -0.133. The summed E-state index contributed by atoms with van der Waals surface area (Å²) in [6.45, 7) is 9.37. The summed E-state index contributed by atoms with van der Waals surface area (Å²) in [6, 6.07) is 7.06. The van der Waals surface area contributed by atoms with Crippen LogP contribution in [0.15, 0.2) is 24.3 Å². The largest absolute Gasteiger partial charge is 0.494 e. The quantitative estimate of drug-likeness (QED) is 0.426. The molecule has 0 spiro atoms. The third-order valence-electron chi connectivity index (χ3n) is 4.55. The van der Waals surface area contributed by atoms with Gasteiger partial charge >= 0.3 is 11.9 Å². The summed E-state index contributed by atoms with van der Waals surface area (Å²) in [7, 11) is 0. The van der Waals surface area contributed by atoms with Crippen LogP contribution < -0.4 is 9.47 Å². The van der Waals surface area contributed by atoms with Crippen LogP contribution in [0.25, 0.3) is 0 Å². The second kappa shape index (κ2) is 11.2. The van der Waals surface area contributed by atoms with Crippen molar-refractivity contribution in [2.75, 3.05) is 19.8 Å².